The van der Waals surface area contributed by atoms with Crippen LogP contribution in [0, 0.1) is 6.92 Å². The summed E-state index contributed by atoms with van der Waals surface area (Å²) < 4.78 is 6.57. The highest BCUT2D eigenvalue weighted by Gasteiger charge is 2.14. The number of aromatic nitrogens is 3. The fourth-order valence-corrected chi connectivity index (χ4v) is 1.91. The van der Waals surface area contributed by atoms with Crippen molar-refractivity contribution in [2.75, 3.05) is 0 Å². The molecule has 0 saturated heterocycles. The first-order valence-corrected chi connectivity index (χ1v) is 6.28. The fraction of sp³-hybridized carbons (Fsp3) is 0.385. The highest BCUT2D eigenvalue weighted by atomic mass is 16.5. The molecule has 0 fully saturated rings. The van der Waals surface area contributed by atoms with Crippen molar-refractivity contribution in [3.05, 3.63) is 34.1 Å². The Kier molecular flexibility index (Phi) is 3.97. The lowest BCUT2D eigenvalue weighted by Gasteiger charge is -2.07. The van der Waals surface area contributed by atoms with E-state index < -0.39 is 5.97 Å². The van der Waals surface area contributed by atoms with Crippen LogP contribution in [0.25, 0.3) is 11.4 Å². The molecule has 0 radical (unpaired) electrons. The lowest BCUT2D eigenvalue weighted by Crippen LogP contribution is -2.23. The van der Waals surface area contributed by atoms with Crippen LogP contribution in [-0.2, 0) is 17.8 Å². The van der Waals surface area contributed by atoms with Crippen molar-refractivity contribution < 1.29 is 14.4 Å². The number of rotatable bonds is 5. The number of nitrogens with zero attached hydrogens (tertiary/aromatic N) is 3. The predicted molar refractivity (Wildman–Crippen MR) is 70.4 cm³/mol. The van der Waals surface area contributed by atoms with Crippen LogP contribution in [0.1, 0.15) is 24.9 Å². The summed E-state index contributed by atoms with van der Waals surface area (Å²) in [6, 6.07) is 3.46. The first kappa shape index (κ1) is 14.0. The second-order valence-electron chi connectivity index (χ2n) is 4.34. The number of hydrogen-bond acceptors (Lipinski definition) is 5. The number of hydrogen-bond donors (Lipinski definition) is 1. The lowest BCUT2D eigenvalue weighted by molar-refractivity contribution is -0.137. The van der Waals surface area contributed by atoms with E-state index in [1.54, 1.807) is 10.6 Å². The zero-order valence-corrected chi connectivity index (χ0v) is 11.3. The molecule has 0 amide bonds. The van der Waals surface area contributed by atoms with Crippen molar-refractivity contribution in [2.24, 2.45) is 0 Å². The fourth-order valence-electron chi connectivity index (χ4n) is 1.91. The van der Waals surface area contributed by atoms with Crippen LogP contribution in [0.5, 0.6) is 0 Å². The number of carbonyl (C=O) groups is 1. The molecule has 0 atom stereocenters. The van der Waals surface area contributed by atoms with Gasteiger partial charge in [-0.3, -0.25) is 9.59 Å². The van der Waals surface area contributed by atoms with E-state index in [4.69, 9.17) is 9.63 Å². The highest BCUT2D eigenvalue weighted by molar-refractivity contribution is 5.66. The molecule has 0 bridgehead atoms. The Morgan fingerprint density at radius 3 is 2.85 bits per heavy atom. The van der Waals surface area contributed by atoms with Gasteiger partial charge in [-0.25, -0.2) is 0 Å². The Labute approximate surface area is 114 Å². The zero-order valence-electron chi connectivity index (χ0n) is 11.3. The lowest BCUT2D eigenvalue weighted by atomic mass is 10.2. The van der Waals surface area contributed by atoms with Crippen LogP contribution in [0.2, 0.25) is 0 Å². The molecule has 2 aromatic rings. The van der Waals surface area contributed by atoms with Crippen LogP contribution >= 0.6 is 0 Å². The van der Waals surface area contributed by atoms with E-state index in [1.807, 2.05) is 19.9 Å². The summed E-state index contributed by atoms with van der Waals surface area (Å²) in [7, 11) is 0. The summed E-state index contributed by atoms with van der Waals surface area (Å²) in [5, 5.41) is 12.3. The number of carboxylic acids is 1. The minimum absolute atomic E-state index is 0.0886. The number of pyridine rings is 1. The monoisotopic (exact) mass is 277 g/mol. The second kappa shape index (κ2) is 5.68. The van der Waals surface area contributed by atoms with E-state index in [-0.39, 0.29) is 30.1 Å². The molecular formula is C13H15N3O4. The molecule has 1 N–H and O–H groups in total. The Morgan fingerprint density at radius 1 is 1.45 bits per heavy atom. The van der Waals surface area contributed by atoms with E-state index in [1.165, 1.54) is 0 Å². The number of aliphatic carboxylic acids is 1. The van der Waals surface area contributed by atoms with Gasteiger partial charge >= 0.3 is 5.97 Å². The molecule has 2 rings (SSSR count). The minimum Gasteiger partial charge on any atom is -0.481 e. The first-order chi connectivity index (χ1) is 9.52. The summed E-state index contributed by atoms with van der Waals surface area (Å²) >= 11 is 0. The molecule has 0 aliphatic rings. The van der Waals surface area contributed by atoms with E-state index in [9.17, 15) is 9.59 Å². The van der Waals surface area contributed by atoms with Crippen molar-refractivity contribution in [3.8, 4) is 11.4 Å². The summed E-state index contributed by atoms with van der Waals surface area (Å²) in [6.07, 6.45) is 0.0604. The van der Waals surface area contributed by atoms with Crippen LogP contribution in [0.15, 0.2) is 21.5 Å². The van der Waals surface area contributed by atoms with Gasteiger partial charge in [0, 0.05) is 18.7 Å². The average Bonchev–Trinajstić information content (AvgIpc) is 2.85. The largest absolute Gasteiger partial charge is 0.481 e. The Morgan fingerprint density at radius 2 is 2.20 bits per heavy atom. The maximum atomic E-state index is 12.2. The van der Waals surface area contributed by atoms with Gasteiger partial charge in [0.2, 0.25) is 11.7 Å². The maximum absolute atomic E-state index is 12.2. The topological polar surface area (TPSA) is 98.2 Å². The normalized spacial score (nSPS) is 10.7. The van der Waals surface area contributed by atoms with Crippen LogP contribution in [0.3, 0.4) is 0 Å². The molecule has 0 aromatic carbocycles. The van der Waals surface area contributed by atoms with Crippen molar-refractivity contribution in [3.63, 3.8) is 0 Å². The summed E-state index contributed by atoms with van der Waals surface area (Å²) in [6.45, 7) is 4.29. The van der Waals surface area contributed by atoms with Crippen molar-refractivity contribution in [1.29, 1.82) is 0 Å². The van der Waals surface area contributed by atoms with E-state index in [0.29, 0.717) is 12.1 Å². The smallest absolute Gasteiger partial charge is 0.303 e. The van der Waals surface area contributed by atoms with Gasteiger partial charge in [-0.1, -0.05) is 5.16 Å². The molecular weight excluding hydrogens is 262 g/mol. The Hall–Kier alpha value is -2.44. The molecule has 7 nitrogen and oxygen atoms in total. The highest BCUT2D eigenvalue weighted by Crippen LogP contribution is 2.13. The molecule has 106 valence electrons. The predicted octanol–water partition coefficient (Wildman–Crippen LogP) is 1.24. The van der Waals surface area contributed by atoms with Crippen molar-refractivity contribution in [2.45, 2.75) is 33.2 Å². The molecule has 0 unspecified atom stereocenters. The number of carboxylic acid groups (broad SMARTS) is 1. The minimum atomic E-state index is -0.937. The van der Waals surface area contributed by atoms with Crippen LogP contribution < -0.4 is 5.56 Å². The summed E-state index contributed by atoms with van der Waals surface area (Å²) in [5.41, 5.74) is 1.02. The van der Waals surface area contributed by atoms with Gasteiger partial charge in [-0.05, 0) is 26.0 Å². The number of aryl methyl sites for hydroxylation is 2. The van der Waals surface area contributed by atoms with Crippen LogP contribution in [0.4, 0.5) is 0 Å². The van der Waals surface area contributed by atoms with Crippen molar-refractivity contribution >= 4 is 5.97 Å². The van der Waals surface area contributed by atoms with Gasteiger partial charge in [0.1, 0.15) is 0 Å². The van der Waals surface area contributed by atoms with Gasteiger partial charge in [-0.2, -0.15) is 4.98 Å². The zero-order chi connectivity index (χ0) is 14.7. The van der Waals surface area contributed by atoms with Gasteiger partial charge < -0.3 is 14.2 Å². The Balaban J connectivity index is 2.33. The summed E-state index contributed by atoms with van der Waals surface area (Å²) in [4.78, 5) is 26.8. The molecule has 2 heterocycles. The van der Waals surface area contributed by atoms with E-state index in [0.717, 1.165) is 5.69 Å². The second-order valence-corrected chi connectivity index (χ2v) is 4.34. The molecule has 0 spiro atoms. The molecule has 0 saturated carbocycles. The Bertz CT molecular complexity index is 687. The van der Waals surface area contributed by atoms with E-state index in [2.05, 4.69) is 10.1 Å². The van der Waals surface area contributed by atoms with E-state index >= 15 is 0 Å². The van der Waals surface area contributed by atoms with Gasteiger partial charge in [-0.15, -0.1) is 0 Å². The third-order valence-corrected chi connectivity index (χ3v) is 2.97. The first-order valence-electron chi connectivity index (χ1n) is 6.28. The quantitative estimate of drug-likeness (QED) is 0.883. The molecule has 2 aromatic heterocycles. The maximum Gasteiger partial charge on any atom is 0.303 e. The molecule has 20 heavy (non-hydrogen) atoms. The molecule has 0 aliphatic carbocycles. The SMILES string of the molecule is CCn1c(C)ccc(-c2noc(CCC(=O)O)n2)c1=O. The van der Waals surface area contributed by atoms with Gasteiger partial charge in [0.15, 0.2) is 0 Å². The standard InChI is InChI=1S/C13H15N3O4/c1-3-16-8(2)4-5-9(13(16)19)12-14-10(20-15-12)6-7-11(17)18/h4-5H,3,6-7H2,1-2H3,(H,17,18). The van der Waals surface area contributed by atoms with Gasteiger partial charge in [0.05, 0.1) is 12.0 Å². The summed E-state index contributed by atoms with van der Waals surface area (Å²) in [5.74, 6) is -0.531. The average molecular weight is 277 g/mol. The third kappa shape index (κ3) is 2.76. The molecule has 7 heteroatoms. The third-order valence-electron chi connectivity index (χ3n) is 2.97. The molecule has 0 aliphatic heterocycles. The van der Waals surface area contributed by atoms with Gasteiger partial charge in [0.25, 0.3) is 5.56 Å². The van der Waals surface area contributed by atoms with Crippen LogP contribution in [-0.4, -0.2) is 25.8 Å². The van der Waals surface area contributed by atoms with Crippen molar-refractivity contribution in [1.82, 2.24) is 14.7 Å².